The first-order chi connectivity index (χ1) is 10.5. The number of halogens is 1. The lowest BCUT2D eigenvalue weighted by molar-refractivity contribution is -0.133. The normalized spacial score (nSPS) is 18.7. The number of nitrogens with zero attached hydrogens (tertiary/aromatic N) is 1. The number of hydrogen-bond acceptors (Lipinski definition) is 3. The molecule has 1 aliphatic rings. The Labute approximate surface area is 144 Å². The summed E-state index contributed by atoms with van der Waals surface area (Å²) in [5.41, 5.74) is 8.04. The third kappa shape index (κ3) is 5.84. The average molecular weight is 340 g/mol. The van der Waals surface area contributed by atoms with Crippen molar-refractivity contribution in [3.05, 3.63) is 35.4 Å². The predicted octanol–water partition coefficient (Wildman–Crippen LogP) is 1.93. The molecule has 128 valence electrons. The van der Waals surface area contributed by atoms with E-state index in [1.54, 1.807) is 0 Å². The Kier molecular flexibility index (Phi) is 7.52. The van der Waals surface area contributed by atoms with Gasteiger partial charge in [0.2, 0.25) is 11.8 Å². The highest BCUT2D eigenvalue weighted by molar-refractivity contribution is 5.85. The van der Waals surface area contributed by atoms with Crippen LogP contribution in [0.25, 0.3) is 0 Å². The van der Waals surface area contributed by atoms with E-state index in [4.69, 9.17) is 5.73 Å². The van der Waals surface area contributed by atoms with Gasteiger partial charge in [0.15, 0.2) is 0 Å². The molecule has 23 heavy (non-hydrogen) atoms. The number of benzene rings is 1. The van der Waals surface area contributed by atoms with Gasteiger partial charge < -0.3 is 16.0 Å². The van der Waals surface area contributed by atoms with Crippen LogP contribution in [0.15, 0.2) is 24.3 Å². The Bertz CT molecular complexity index is 533. The summed E-state index contributed by atoms with van der Waals surface area (Å²) in [4.78, 5) is 25.8. The van der Waals surface area contributed by atoms with Gasteiger partial charge in [0, 0.05) is 26.1 Å². The Balaban J connectivity index is 0.00000264. The van der Waals surface area contributed by atoms with Crippen molar-refractivity contribution in [2.45, 2.75) is 45.2 Å². The lowest BCUT2D eigenvalue weighted by Gasteiger charge is -2.32. The van der Waals surface area contributed by atoms with Crippen molar-refractivity contribution in [1.82, 2.24) is 10.2 Å². The first-order valence-electron chi connectivity index (χ1n) is 7.82. The lowest BCUT2D eigenvalue weighted by Crippen LogP contribution is -2.46. The van der Waals surface area contributed by atoms with Crippen LogP contribution >= 0.6 is 12.4 Å². The fourth-order valence-corrected chi connectivity index (χ4v) is 2.84. The largest absolute Gasteiger partial charge is 0.349 e. The molecule has 0 radical (unpaired) electrons. The molecular formula is C17H26ClN3O2. The molecule has 0 aromatic heterocycles. The fraction of sp³-hybridized carbons (Fsp3) is 0.529. The van der Waals surface area contributed by atoms with Crippen molar-refractivity contribution < 1.29 is 9.59 Å². The van der Waals surface area contributed by atoms with Gasteiger partial charge in [0.1, 0.15) is 0 Å². The molecule has 2 amide bonds. The van der Waals surface area contributed by atoms with E-state index in [2.05, 4.69) is 5.32 Å². The minimum atomic E-state index is -0.288. The van der Waals surface area contributed by atoms with Gasteiger partial charge in [-0.05, 0) is 25.3 Å². The molecule has 6 heteroatoms. The molecule has 1 aromatic carbocycles. The molecule has 2 unspecified atom stereocenters. The second kappa shape index (κ2) is 8.89. The topological polar surface area (TPSA) is 75.4 Å². The molecule has 1 aromatic rings. The van der Waals surface area contributed by atoms with E-state index >= 15 is 0 Å². The summed E-state index contributed by atoms with van der Waals surface area (Å²) in [5.74, 6) is -0.0804. The van der Waals surface area contributed by atoms with Crippen LogP contribution in [0.2, 0.25) is 0 Å². The van der Waals surface area contributed by atoms with Gasteiger partial charge in [0.05, 0.1) is 12.5 Å². The summed E-state index contributed by atoms with van der Waals surface area (Å²) in [6.45, 7) is 4.85. The van der Waals surface area contributed by atoms with Crippen LogP contribution in [0.1, 0.15) is 43.4 Å². The summed E-state index contributed by atoms with van der Waals surface area (Å²) < 4.78 is 0. The summed E-state index contributed by atoms with van der Waals surface area (Å²) in [6.07, 6.45) is 2.19. The number of rotatable bonds is 4. The molecule has 1 saturated heterocycles. The second-order valence-electron chi connectivity index (χ2n) is 6.11. The molecular weight excluding hydrogens is 314 g/mol. The number of hydrogen-bond donors (Lipinski definition) is 2. The van der Waals surface area contributed by atoms with Gasteiger partial charge in [-0.2, -0.15) is 0 Å². The van der Waals surface area contributed by atoms with Crippen LogP contribution in [-0.2, 0) is 9.59 Å². The van der Waals surface area contributed by atoms with Gasteiger partial charge in [0.25, 0.3) is 0 Å². The van der Waals surface area contributed by atoms with E-state index in [0.29, 0.717) is 6.54 Å². The number of aryl methyl sites for hydroxylation is 1. The number of carbonyl (C=O) groups is 2. The van der Waals surface area contributed by atoms with Crippen LogP contribution in [0.3, 0.4) is 0 Å². The Hall–Kier alpha value is -1.59. The van der Waals surface area contributed by atoms with Crippen molar-refractivity contribution in [1.29, 1.82) is 0 Å². The highest BCUT2D eigenvalue weighted by Gasteiger charge is 2.24. The maximum atomic E-state index is 12.5. The highest BCUT2D eigenvalue weighted by atomic mass is 35.5. The number of nitrogens with two attached hydrogens (primary N) is 1. The maximum Gasteiger partial charge on any atom is 0.225 e. The SMILES string of the molecule is CC(=O)NC(CC(=O)N1CCCC(N)C1)c1ccc(C)cc1.Cl. The fourth-order valence-electron chi connectivity index (χ4n) is 2.84. The summed E-state index contributed by atoms with van der Waals surface area (Å²) in [5, 5.41) is 2.88. The van der Waals surface area contributed by atoms with E-state index < -0.39 is 0 Å². The minimum absolute atomic E-state index is 0. The van der Waals surface area contributed by atoms with E-state index in [0.717, 1.165) is 30.5 Å². The Morgan fingerprint density at radius 2 is 2.00 bits per heavy atom. The van der Waals surface area contributed by atoms with Crippen LogP contribution in [-0.4, -0.2) is 35.8 Å². The monoisotopic (exact) mass is 339 g/mol. The third-order valence-corrected chi connectivity index (χ3v) is 4.05. The van der Waals surface area contributed by atoms with Gasteiger partial charge in [-0.25, -0.2) is 0 Å². The van der Waals surface area contributed by atoms with Crippen LogP contribution in [0.5, 0.6) is 0 Å². The Morgan fingerprint density at radius 3 is 2.57 bits per heavy atom. The first-order valence-corrected chi connectivity index (χ1v) is 7.82. The van der Waals surface area contributed by atoms with Crippen molar-refractivity contribution >= 4 is 24.2 Å². The molecule has 3 N–H and O–H groups in total. The lowest BCUT2D eigenvalue weighted by atomic mass is 10.00. The van der Waals surface area contributed by atoms with Crippen molar-refractivity contribution in [3.63, 3.8) is 0 Å². The smallest absolute Gasteiger partial charge is 0.225 e. The standard InChI is InChI=1S/C17H25N3O2.ClH/c1-12-5-7-14(8-6-12)16(19-13(2)21)10-17(22)20-9-3-4-15(18)11-20;/h5-8,15-16H,3-4,9-11,18H2,1-2H3,(H,19,21);1H. The number of likely N-dealkylation sites (tertiary alicyclic amines) is 1. The van der Waals surface area contributed by atoms with Gasteiger partial charge in [-0.1, -0.05) is 29.8 Å². The first kappa shape index (κ1) is 19.5. The predicted molar refractivity (Wildman–Crippen MR) is 93.4 cm³/mol. The second-order valence-corrected chi connectivity index (χ2v) is 6.11. The maximum absolute atomic E-state index is 12.5. The molecule has 2 rings (SSSR count). The van der Waals surface area contributed by atoms with E-state index in [-0.39, 0.29) is 42.7 Å². The van der Waals surface area contributed by atoms with Crippen molar-refractivity contribution in [3.8, 4) is 0 Å². The molecule has 1 fully saturated rings. The zero-order chi connectivity index (χ0) is 16.1. The van der Waals surface area contributed by atoms with Crippen LogP contribution < -0.4 is 11.1 Å². The average Bonchev–Trinajstić information content (AvgIpc) is 2.47. The zero-order valence-corrected chi connectivity index (χ0v) is 14.6. The molecule has 2 atom stereocenters. The van der Waals surface area contributed by atoms with Crippen molar-refractivity contribution in [2.24, 2.45) is 5.73 Å². The summed E-state index contributed by atoms with van der Waals surface area (Å²) in [6, 6.07) is 7.69. The number of carbonyl (C=O) groups excluding carboxylic acids is 2. The van der Waals surface area contributed by atoms with Gasteiger partial charge in [-0.3, -0.25) is 9.59 Å². The number of amides is 2. The van der Waals surface area contributed by atoms with Crippen LogP contribution in [0, 0.1) is 6.92 Å². The van der Waals surface area contributed by atoms with E-state index in [1.807, 2.05) is 36.1 Å². The van der Waals surface area contributed by atoms with Crippen molar-refractivity contribution in [2.75, 3.05) is 13.1 Å². The van der Waals surface area contributed by atoms with Gasteiger partial charge >= 0.3 is 0 Å². The molecule has 5 nitrogen and oxygen atoms in total. The molecule has 1 aliphatic heterocycles. The quantitative estimate of drug-likeness (QED) is 0.880. The Morgan fingerprint density at radius 1 is 1.35 bits per heavy atom. The molecule has 0 spiro atoms. The minimum Gasteiger partial charge on any atom is -0.349 e. The molecule has 0 saturated carbocycles. The molecule has 0 aliphatic carbocycles. The summed E-state index contributed by atoms with van der Waals surface area (Å²) >= 11 is 0. The zero-order valence-electron chi connectivity index (χ0n) is 13.7. The number of nitrogens with one attached hydrogen (secondary N) is 1. The molecule has 1 heterocycles. The number of piperidine rings is 1. The van der Waals surface area contributed by atoms with Gasteiger partial charge in [-0.15, -0.1) is 12.4 Å². The van der Waals surface area contributed by atoms with Crippen LogP contribution in [0.4, 0.5) is 0 Å². The highest BCUT2D eigenvalue weighted by Crippen LogP contribution is 2.20. The summed E-state index contributed by atoms with van der Waals surface area (Å²) in [7, 11) is 0. The van der Waals surface area contributed by atoms with E-state index in [9.17, 15) is 9.59 Å². The third-order valence-electron chi connectivity index (χ3n) is 4.05. The molecule has 0 bridgehead atoms. The van der Waals surface area contributed by atoms with E-state index in [1.165, 1.54) is 6.92 Å².